The second-order valence-corrected chi connectivity index (χ2v) is 14.5. The number of hydrogen-bond donors (Lipinski definition) is 0. The van der Waals surface area contributed by atoms with Crippen LogP contribution >= 0.6 is 18.9 Å². The summed E-state index contributed by atoms with van der Waals surface area (Å²) < 4.78 is 0. The van der Waals surface area contributed by atoms with Crippen LogP contribution < -0.4 is 15.9 Å². The van der Waals surface area contributed by atoms with Crippen LogP contribution in [0, 0.1) is 10.8 Å². The van der Waals surface area contributed by atoms with Crippen molar-refractivity contribution in [2.24, 2.45) is 10.8 Å². The molecule has 0 bridgehead atoms. The van der Waals surface area contributed by atoms with E-state index in [1.807, 2.05) is 0 Å². The summed E-state index contributed by atoms with van der Waals surface area (Å²) in [5.41, 5.74) is 0.385. The van der Waals surface area contributed by atoms with Crippen molar-refractivity contribution < 1.29 is 0 Å². The standard InChI is InChI=1S/C28H36ClP/c1-27(2,22-28(3,4)23-29)20-21-30(24-14-8-5-9-15-24,25-16-10-6-11-17-25)26-18-12-7-13-19-26/h5-19,30H,20-23H2,1-4H3. The molecule has 0 radical (unpaired) electrons. The van der Waals surface area contributed by atoms with E-state index >= 15 is 0 Å². The van der Waals surface area contributed by atoms with E-state index in [-0.39, 0.29) is 10.8 Å². The van der Waals surface area contributed by atoms with Crippen LogP contribution in [0.2, 0.25) is 0 Å². The number of rotatable bonds is 9. The summed E-state index contributed by atoms with van der Waals surface area (Å²) in [7, 11) is -2.15. The van der Waals surface area contributed by atoms with Gasteiger partial charge in [-0.25, -0.2) is 0 Å². The molecule has 0 heterocycles. The zero-order chi connectivity index (χ0) is 21.7. The van der Waals surface area contributed by atoms with Gasteiger partial charge in [0.2, 0.25) is 0 Å². The Morgan fingerprint density at radius 2 is 0.967 bits per heavy atom. The molecule has 30 heavy (non-hydrogen) atoms. The van der Waals surface area contributed by atoms with Crippen LogP contribution in [0.3, 0.4) is 0 Å². The van der Waals surface area contributed by atoms with Gasteiger partial charge in [0, 0.05) is 0 Å². The molecule has 0 saturated carbocycles. The molecule has 0 unspecified atom stereocenters. The molecule has 0 saturated heterocycles. The Bertz CT molecular complexity index is 804. The minimum absolute atomic E-state index is 0.154. The molecule has 0 fully saturated rings. The summed E-state index contributed by atoms with van der Waals surface area (Å²) in [5.74, 6) is 0.703. The number of hydrogen-bond acceptors (Lipinski definition) is 0. The molecule has 0 nitrogen and oxygen atoms in total. The quantitative estimate of drug-likeness (QED) is 0.255. The molecule has 0 aromatic heterocycles. The van der Waals surface area contributed by atoms with Gasteiger partial charge < -0.3 is 0 Å². The van der Waals surface area contributed by atoms with E-state index in [2.05, 4.69) is 119 Å². The van der Waals surface area contributed by atoms with E-state index in [9.17, 15) is 0 Å². The van der Waals surface area contributed by atoms with Gasteiger partial charge in [0.15, 0.2) is 0 Å². The topological polar surface area (TPSA) is 0 Å². The van der Waals surface area contributed by atoms with Crippen LogP contribution in [-0.4, -0.2) is 12.0 Å². The SMILES string of the molecule is CC(C)(CCl)CC(C)(C)CC[PH](c1ccccc1)(c1ccccc1)c1ccccc1. The van der Waals surface area contributed by atoms with Gasteiger partial charge in [-0.1, -0.05) is 0 Å². The molecular formula is C28H36ClP. The van der Waals surface area contributed by atoms with Crippen LogP contribution in [0.25, 0.3) is 0 Å². The van der Waals surface area contributed by atoms with E-state index in [0.29, 0.717) is 5.88 Å². The molecule has 0 aliphatic carbocycles. The van der Waals surface area contributed by atoms with Crippen molar-refractivity contribution in [2.45, 2.75) is 40.5 Å². The van der Waals surface area contributed by atoms with Gasteiger partial charge in [-0.3, -0.25) is 0 Å². The average Bonchev–Trinajstić information content (AvgIpc) is 2.76. The molecule has 0 amide bonds. The van der Waals surface area contributed by atoms with Crippen LogP contribution in [0.1, 0.15) is 40.5 Å². The first-order chi connectivity index (χ1) is 14.3. The van der Waals surface area contributed by atoms with Crippen LogP contribution in [0.15, 0.2) is 91.0 Å². The molecule has 0 N–H and O–H groups in total. The van der Waals surface area contributed by atoms with E-state index in [1.54, 1.807) is 0 Å². The first kappa shape index (κ1) is 23.1. The van der Waals surface area contributed by atoms with Gasteiger partial charge in [-0.2, -0.15) is 0 Å². The molecule has 0 atom stereocenters. The third-order valence-electron chi connectivity index (χ3n) is 6.30. The Morgan fingerprint density at radius 1 is 0.600 bits per heavy atom. The fourth-order valence-electron chi connectivity index (χ4n) is 5.06. The van der Waals surface area contributed by atoms with Crippen molar-refractivity contribution in [1.29, 1.82) is 0 Å². The summed E-state index contributed by atoms with van der Waals surface area (Å²) in [6, 6.07) is 33.7. The minimum atomic E-state index is -2.15. The number of alkyl halides is 1. The molecule has 2 heteroatoms. The molecule has 0 spiro atoms. The van der Waals surface area contributed by atoms with E-state index in [1.165, 1.54) is 28.5 Å². The molecule has 3 aromatic rings. The summed E-state index contributed by atoms with van der Waals surface area (Å²) in [6.07, 6.45) is 3.50. The number of halogens is 1. The summed E-state index contributed by atoms with van der Waals surface area (Å²) in [6.45, 7) is 9.42. The monoisotopic (exact) mass is 438 g/mol. The molecule has 3 aromatic carbocycles. The van der Waals surface area contributed by atoms with Crippen molar-refractivity contribution in [3.63, 3.8) is 0 Å². The van der Waals surface area contributed by atoms with Gasteiger partial charge in [0.1, 0.15) is 0 Å². The Hall–Kier alpha value is -1.62. The Labute approximate surface area is 189 Å². The van der Waals surface area contributed by atoms with Crippen molar-refractivity contribution in [3.8, 4) is 0 Å². The summed E-state index contributed by atoms with van der Waals surface area (Å²) >= 11 is 6.29. The van der Waals surface area contributed by atoms with Gasteiger partial charge in [-0.05, 0) is 0 Å². The maximum atomic E-state index is 6.29. The fourth-order valence-corrected chi connectivity index (χ4v) is 10.4. The zero-order valence-corrected chi connectivity index (χ0v) is 20.6. The van der Waals surface area contributed by atoms with Crippen molar-refractivity contribution in [1.82, 2.24) is 0 Å². The van der Waals surface area contributed by atoms with Crippen molar-refractivity contribution in [2.75, 3.05) is 12.0 Å². The predicted octanol–water partition coefficient (Wildman–Crippen LogP) is 6.78. The molecular weight excluding hydrogens is 403 g/mol. The second-order valence-electron chi connectivity index (χ2n) is 10.1. The third-order valence-corrected chi connectivity index (χ3v) is 12.0. The Balaban J connectivity index is 2.10. The fraction of sp³-hybridized carbons (Fsp3) is 0.357. The normalized spacial score (nSPS) is 13.2. The second kappa shape index (κ2) is 9.67. The van der Waals surface area contributed by atoms with Gasteiger partial charge >= 0.3 is 189 Å². The average molecular weight is 439 g/mol. The third kappa shape index (κ3) is 5.35. The summed E-state index contributed by atoms with van der Waals surface area (Å²) in [4.78, 5) is 0. The predicted molar refractivity (Wildman–Crippen MR) is 139 cm³/mol. The zero-order valence-electron chi connectivity index (χ0n) is 18.9. The van der Waals surface area contributed by atoms with Crippen molar-refractivity contribution >= 4 is 34.8 Å². The van der Waals surface area contributed by atoms with Gasteiger partial charge in [-0.15, -0.1) is 0 Å². The van der Waals surface area contributed by atoms with Crippen LogP contribution in [0.5, 0.6) is 0 Å². The maximum absolute atomic E-state index is 6.29. The Kier molecular flexibility index (Phi) is 7.43. The van der Waals surface area contributed by atoms with Crippen LogP contribution in [0.4, 0.5) is 0 Å². The van der Waals surface area contributed by atoms with Gasteiger partial charge in [0.25, 0.3) is 0 Å². The van der Waals surface area contributed by atoms with Crippen molar-refractivity contribution in [3.05, 3.63) is 91.0 Å². The number of benzene rings is 3. The molecule has 3 rings (SSSR count). The molecule has 0 aliphatic rings. The summed E-state index contributed by atoms with van der Waals surface area (Å²) in [5, 5.41) is 4.49. The molecule has 0 aliphatic heterocycles. The van der Waals surface area contributed by atoms with Crippen LogP contribution in [-0.2, 0) is 0 Å². The Morgan fingerprint density at radius 3 is 1.30 bits per heavy atom. The first-order valence-corrected chi connectivity index (χ1v) is 13.8. The van der Waals surface area contributed by atoms with E-state index in [0.717, 1.165) is 6.42 Å². The molecule has 160 valence electrons. The van der Waals surface area contributed by atoms with Gasteiger partial charge in [0.05, 0.1) is 0 Å². The van der Waals surface area contributed by atoms with E-state index in [4.69, 9.17) is 11.6 Å². The van der Waals surface area contributed by atoms with E-state index < -0.39 is 7.26 Å². The first-order valence-electron chi connectivity index (χ1n) is 11.0.